The highest BCUT2D eigenvalue weighted by Crippen LogP contribution is 2.33. The van der Waals surface area contributed by atoms with Crippen LogP contribution in [0.3, 0.4) is 0 Å². The molecule has 0 saturated carbocycles. The Morgan fingerprint density at radius 3 is 2.02 bits per heavy atom. The summed E-state index contributed by atoms with van der Waals surface area (Å²) in [5, 5.41) is 2.90. The van der Waals surface area contributed by atoms with Gasteiger partial charge >= 0.3 is 0 Å². The van der Waals surface area contributed by atoms with Gasteiger partial charge in [0.05, 0.1) is 24.8 Å². The number of hydrogen-bond acceptors (Lipinski definition) is 6. The Bertz CT molecular complexity index is 1500. The van der Waals surface area contributed by atoms with E-state index in [1.54, 1.807) is 12.1 Å². The van der Waals surface area contributed by atoms with Gasteiger partial charge in [0.2, 0.25) is 11.8 Å². The molecule has 0 bridgehead atoms. The van der Waals surface area contributed by atoms with E-state index in [4.69, 9.17) is 9.47 Å². The minimum Gasteiger partial charge on any atom is -0.493 e. The highest BCUT2D eigenvalue weighted by molar-refractivity contribution is 7.92. The van der Waals surface area contributed by atoms with Crippen LogP contribution in [0.1, 0.15) is 48.9 Å². The van der Waals surface area contributed by atoms with E-state index < -0.39 is 28.5 Å². The number of ether oxygens (including phenoxy) is 2. The molecule has 3 aromatic carbocycles. The maximum absolute atomic E-state index is 14.3. The fraction of sp³-hybridized carbons (Fsp3) is 0.394. The van der Waals surface area contributed by atoms with Crippen LogP contribution in [0.25, 0.3) is 0 Å². The van der Waals surface area contributed by atoms with Crippen LogP contribution in [0, 0.1) is 20.8 Å². The van der Waals surface area contributed by atoms with E-state index in [0.717, 1.165) is 33.0 Å². The second kappa shape index (κ2) is 14.9. The van der Waals surface area contributed by atoms with Gasteiger partial charge < -0.3 is 19.7 Å². The predicted molar refractivity (Wildman–Crippen MR) is 169 cm³/mol. The SMILES string of the molecule is CCCNC(=O)[C@H](CC)N(Cc1ccc(C)cc1)C(=O)CN(c1cc(C)cc(C)c1)S(=O)(=O)c1ccc(OC)c(OC)c1. The van der Waals surface area contributed by atoms with Crippen LogP contribution < -0.4 is 19.1 Å². The predicted octanol–water partition coefficient (Wildman–Crippen LogP) is 5.16. The Morgan fingerprint density at radius 1 is 0.837 bits per heavy atom. The van der Waals surface area contributed by atoms with Gasteiger partial charge in [0.25, 0.3) is 10.0 Å². The number of nitrogens with zero attached hydrogens (tertiary/aromatic N) is 2. The molecule has 0 heterocycles. The van der Waals surface area contributed by atoms with Crippen molar-refractivity contribution < 1.29 is 27.5 Å². The van der Waals surface area contributed by atoms with Gasteiger partial charge in [-0.2, -0.15) is 0 Å². The van der Waals surface area contributed by atoms with Crippen molar-refractivity contribution >= 4 is 27.5 Å². The number of benzene rings is 3. The van der Waals surface area contributed by atoms with Gasteiger partial charge in [-0.3, -0.25) is 13.9 Å². The summed E-state index contributed by atoms with van der Waals surface area (Å²) in [5.41, 5.74) is 3.94. The van der Waals surface area contributed by atoms with E-state index in [2.05, 4.69) is 5.32 Å². The minimum absolute atomic E-state index is 0.0603. The summed E-state index contributed by atoms with van der Waals surface area (Å²) < 4.78 is 40.3. The lowest BCUT2D eigenvalue weighted by molar-refractivity contribution is -0.140. The molecule has 0 spiro atoms. The van der Waals surface area contributed by atoms with Crippen molar-refractivity contribution in [1.82, 2.24) is 10.2 Å². The normalized spacial score (nSPS) is 11.9. The maximum Gasteiger partial charge on any atom is 0.264 e. The summed E-state index contributed by atoms with van der Waals surface area (Å²) in [6.07, 6.45) is 1.11. The Balaban J connectivity index is 2.12. The number of carbonyl (C=O) groups is 2. The van der Waals surface area contributed by atoms with Crippen LogP contribution in [0.15, 0.2) is 65.6 Å². The molecule has 2 amide bonds. The molecule has 0 unspecified atom stereocenters. The highest BCUT2D eigenvalue weighted by Gasteiger charge is 2.34. The van der Waals surface area contributed by atoms with E-state index in [1.165, 1.54) is 37.3 Å². The first-order chi connectivity index (χ1) is 20.4. The third-order valence-corrected chi connectivity index (χ3v) is 8.89. The molecular weight excluding hydrogens is 566 g/mol. The average molecular weight is 610 g/mol. The Hall–Kier alpha value is -4.05. The van der Waals surface area contributed by atoms with Gasteiger partial charge in [-0.1, -0.05) is 49.7 Å². The average Bonchev–Trinajstić information content (AvgIpc) is 2.98. The van der Waals surface area contributed by atoms with Crippen molar-refractivity contribution in [3.63, 3.8) is 0 Å². The summed E-state index contributed by atoms with van der Waals surface area (Å²) >= 11 is 0. The first-order valence-electron chi connectivity index (χ1n) is 14.4. The van der Waals surface area contributed by atoms with Crippen molar-refractivity contribution in [2.45, 2.75) is 64.9 Å². The number of anilines is 1. The number of rotatable bonds is 14. The lowest BCUT2D eigenvalue weighted by Gasteiger charge is -2.33. The van der Waals surface area contributed by atoms with E-state index in [9.17, 15) is 18.0 Å². The second-order valence-electron chi connectivity index (χ2n) is 10.6. The van der Waals surface area contributed by atoms with E-state index >= 15 is 0 Å². The second-order valence-corrected chi connectivity index (χ2v) is 12.5. The first kappa shape index (κ1) is 33.5. The molecule has 0 radical (unpaired) electrons. The summed E-state index contributed by atoms with van der Waals surface area (Å²) in [5.74, 6) is -0.147. The number of hydrogen-bond donors (Lipinski definition) is 1. The van der Waals surface area contributed by atoms with Gasteiger partial charge in [-0.05, 0) is 74.6 Å². The summed E-state index contributed by atoms with van der Waals surface area (Å²) in [6.45, 7) is 9.62. The molecule has 1 N–H and O–H groups in total. The molecule has 0 saturated heterocycles. The molecule has 3 aromatic rings. The molecule has 0 aromatic heterocycles. The fourth-order valence-electron chi connectivity index (χ4n) is 4.90. The molecule has 0 aliphatic heterocycles. The number of methoxy groups -OCH3 is 2. The third-order valence-electron chi connectivity index (χ3n) is 7.12. The van der Waals surface area contributed by atoms with Gasteiger partial charge in [0.1, 0.15) is 12.6 Å². The Morgan fingerprint density at radius 2 is 1.47 bits per heavy atom. The quantitative estimate of drug-likeness (QED) is 0.271. The minimum atomic E-state index is -4.27. The van der Waals surface area contributed by atoms with Crippen LogP contribution in [0.4, 0.5) is 5.69 Å². The first-order valence-corrected chi connectivity index (χ1v) is 15.8. The molecule has 232 valence electrons. The van der Waals surface area contributed by atoms with Gasteiger partial charge in [-0.15, -0.1) is 0 Å². The number of sulfonamides is 1. The molecule has 3 rings (SSSR count). The number of nitrogens with one attached hydrogen (secondary N) is 1. The summed E-state index contributed by atoms with van der Waals surface area (Å²) in [6, 6.07) is 16.6. The lowest BCUT2D eigenvalue weighted by atomic mass is 10.1. The highest BCUT2D eigenvalue weighted by atomic mass is 32.2. The molecule has 1 atom stereocenters. The lowest BCUT2D eigenvalue weighted by Crippen LogP contribution is -2.52. The molecule has 0 aliphatic carbocycles. The topological polar surface area (TPSA) is 105 Å². The smallest absolute Gasteiger partial charge is 0.264 e. The van der Waals surface area contributed by atoms with Crippen molar-refractivity contribution in [2.75, 3.05) is 31.6 Å². The van der Waals surface area contributed by atoms with Gasteiger partial charge in [0, 0.05) is 19.2 Å². The third kappa shape index (κ3) is 8.28. The van der Waals surface area contributed by atoms with E-state index in [1.807, 2.05) is 65.0 Å². The number of carbonyl (C=O) groups excluding carboxylic acids is 2. The molecule has 0 fully saturated rings. The zero-order valence-corrected chi connectivity index (χ0v) is 27.0. The van der Waals surface area contributed by atoms with Crippen LogP contribution in [0.2, 0.25) is 0 Å². The van der Waals surface area contributed by atoms with Gasteiger partial charge in [-0.25, -0.2) is 8.42 Å². The largest absolute Gasteiger partial charge is 0.493 e. The standard InChI is InChI=1S/C33H43N3O6S/c1-8-16-34-33(38)29(9-2)35(21-26-12-10-23(3)11-13-26)32(37)22-36(27-18-24(4)17-25(5)19-27)43(39,40)28-14-15-30(41-6)31(20-28)42-7/h10-15,17-20,29H,8-9,16,21-22H2,1-7H3,(H,34,38)/t29-/m0/s1. The van der Waals surface area contributed by atoms with Crippen molar-refractivity contribution in [3.05, 3.63) is 82.9 Å². The molecule has 10 heteroatoms. The fourth-order valence-corrected chi connectivity index (χ4v) is 6.32. The van der Waals surface area contributed by atoms with Crippen LogP contribution in [0.5, 0.6) is 11.5 Å². The van der Waals surface area contributed by atoms with Crippen molar-refractivity contribution in [2.24, 2.45) is 0 Å². The number of aryl methyl sites for hydroxylation is 3. The monoisotopic (exact) mass is 609 g/mol. The Labute approximate surface area is 255 Å². The maximum atomic E-state index is 14.3. The summed E-state index contributed by atoms with van der Waals surface area (Å²) in [7, 11) is -1.37. The summed E-state index contributed by atoms with van der Waals surface area (Å²) in [4.78, 5) is 28.9. The van der Waals surface area contributed by atoms with Crippen molar-refractivity contribution in [3.8, 4) is 11.5 Å². The molecule has 43 heavy (non-hydrogen) atoms. The zero-order chi connectivity index (χ0) is 31.7. The van der Waals surface area contributed by atoms with Crippen LogP contribution in [-0.2, 0) is 26.2 Å². The van der Waals surface area contributed by atoms with Crippen molar-refractivity contribution in [1.29, 1.82) is 0 Å². The van der Waals surface area contributed by atoms with Gasteiger partial charge in [0.15, 0.2) is 11.5 Å². The van der Waals surface area contributed by atoms with Crippen LogP contribution >= 0.6 is 0 Å². The van der Waals surface area contributed by atoms with E-state index in [-0.39, 0.29) is 23.1 Å². The Kier molecular flexibility index (Phi) is 11.6. The number of amides is 2. The molecular formula is C33H43N3O6S. The molecule has 0 aliphatic rings. The van der Waals surface area contributed by atoms with E-state index in [0.29, 0.717) is 24.4 Å². The molecule has 9 nitrogen and oxygen atoms in total. The van der Waals surface area contributed by atoms with Crippen LogP contribution in [-0.4, -0.2) is 58.5 Å². The zero-order valence-electron chi connectivity index (χ0n) is 26.1.